The molecule has 234 valence electrons. The van der Waals surface area contributed by atoms with Gasteiger partial charge in [0, 0.05) is 38.1 Å². The summed E-state index contributed by atoms with van der Waals surface area (Å²) in [6.07, 6.45) is 11.1. The number of nitrogens with zero attached hydrogens (tertiary/aromatic N) is 2. The van der Waals surface area contributed by atoms with Crippen molar-refractivity contribution >= 4 is 18.0 Å². The van der Waals surface area contributed by atoms with Crippen molar-refractivity contribution in [2.45, 2.75) is 80.2 Å². The molecule has 0 spiro atoms. The van der Waals surface area contributed by atoms with Crippen molar-refractivity contribution < 1.29 is 19.1 Å². The summed E-state index contributed by atoms with van der Waals surface area (Å²) in [5.74, 6) is 0.524. The molecule has 2 aliphatic heterocycles. The molecule has 0 aromatic heterocycles. The lowest BCUT2D eigenvalue weighted by Gasteiger charge is -2.37. The molecule has 0 aliphatic carbocycles. The van der Waals surface area contributed by atoms with E-state index in [1.165, 1.54) is 11.1 Å². The van der Waals surface area contributed by atoms with Gasteiger partial charge < -0.3 is 20.1 Å². The van der Waals surface area contributed by atoms with Gasteiger partial charge in [-0.25, -0.2) is 0 Å². The van der Waals surface area contributed by atoms with E-state index in [0.29, 0.717) is 26.0 Å². The van der Waals surface area contributed by atoms with Gasteiger partial charge in [0.1, 0.15) is 0 Å². The largest absolute Gasteiger partial charge is 0.497 e. The van der Waals surface area contributed by atoms with Crippen molar-refractivity contribution in [1.82, 2.24) is 15.6 Å². The number of carbonyl (C=O) groups is 2. The fourth-order valence-electron chi connectivity index (χ4n) is 4.51. The summed E-state index contributed by atoms with van der Waals surface area (Å²) in [4.78, 5) is 21.4. The van der Waals surface area contributed by atoms with Crippen molar-refractivity contribution in [3.8, 4) is 0 Å². The average molecular weight is 583 g/mol. The van der Waals surface area contributed by atoms with Crippen LogP contribution in [0.2, 0.25) is 0 Å². The second-order valence-corrected chi connectivity index (χ2v) is 10.5. The van der Waals surface area contributed by atoms with E-state index in [1.807, 2.05) is 33.9 Å². The highest BCUT2D eigenvalue weighted by atomic mass is 16.5. The van der Waals surface area contributed by atoms with Crippen molar-refractivity contribution in [3.05, 3.63) is 71.7 Å². The maximum absolute atomic E-state index is 10.9. The zero-order chi connectivity index (χ0) is 31.5. The van der Waals surface area contributed by atoms with Gasteiger partial charge in [-0.05, 0) is 43.9 Å². The molecule has 2 atom stereocenters. The highest BCUT2D eigenvalue weighted by molar-refractivity contribution is 5.88. The Morgan fingerprint density at radius 3 is 2.52 bits per heavy atom. The summed E-state index contributed by atoms with van der Waals surface area (Å²) in [6.45, 7) is 21.3. The highest BCUT2D eigenvalue weighted by Crippen LogP contribution is 2.31. The Kier molecular flexibility index (Phi) is 17.2. The molecule has 2 N–H and O–H groups in total. The molecular weight excluding hydrogens is 528 g/mol. The van der Waals surface area contributed by atoms with Crippen LogP contribution in [-0.2, 0) is 25.5 Å². The normalized spacial score (nSPS) is 18.1. The van der Waals surface area contributed by atoms with Crippen molar-refractivity contribution in [2.24, 2.45) is 16.4 Å². The highest BCUT2D eigenvalue weighted by Gasteiger charge is 2.34. The quantitative estimate of drug-likeness (QED) is 0.123. The maximum Gasteiger partial charge on any atom is 0.225 e. The van der Waals surface area contributed by atoms with E-state index in [4.69, 9.17) is 14.6 Å². The topological polar surface area (TPSA) is 92.3 Å². The molecule has 1 aromatic carbocycles. The molecule has 0 radical (unpaired) electrons. The molecule has 8 nitrogen and oxygen atoms in total. The summed E-state index contributed by atoms with van der Waals surface area (Å²) >= 11 is 0. The Morgan fingerprint density at radius 1 is 1.31 bits per heavy atom. The molecule has 2 fully saturated rings. The van der Waals surface area contributed by atoms with Crippen LogP contribution in [0.3, 0.4) is 0 Å². The number of hydrogen-bond donors (Lipinski definition) is 2. The van der Waals surface area contributed by atoms with Crippen LogP contribution in [-0.4, -0.2) is 56.5 Å². The Bertz CT molecular complexity index is 1080. The number of amides is 2. The third kappa shape index (κ3) is 11.8. The lowest BCUT2D eigenvalue weighted by molar-refractivity contribution is -0.129. The number of rotatable bonds is 13. The Morgan fingerprint density at radius 2 is 2.02 bits per heavy atom. The number of hydrogen-bond acceptors (Lipinski definition) is 6. The van der Waals surface area contributed by atoms with Gasteiger partial charge in [-0.1, -0.05) is 77.6 Å². The van der Waals surface area contributed by atoms with Crippen LogP contribution in [0, 0.1) is 11.3 Å². The van der Waals surface area contributed by atoms with E-state index >= 15 is 0 Å². The van der Waals surface area contributed by atoms with Crippen LogP contribution in [0.15, 0.2) is 65.6 Å². The van der Waals surface area contributed by atoms with E-state index in [2.05, 4.69) is 85.5 Å². The number of aryl methyl sites for hydroxylation is 1. The molecule has 0 bridgehead atoms. The van der Waals surface area contributed by atoms with Gasteiger partial charge >= 0.3 is 0 Å². The molecule has 2 heterocycles. The fourth-order valence-corrected chi connectivity index (χ4v) is 4.51. The van der Waals surface area contributed by atoms with Gasteiger partial charge in [0.05, 0.1) is 43.2 Å². The van der Waals surface area contributed by atoms with Crippen LogP contribution in [0.4, 0.5) is 0 Å². The number of carbonyl (C=O) groups excluding carboxylic acids is 2. The number of nitrogens with one attached hydrogen (secondary N) is 2. The average Bonchev–Trinajstić information content (AvgIpc) is 3.44. The van der Waals surface area contributed by atoms with Crippen LogP contribution < -0.4 is 10.6 Å². The van der Waals surface area contributed by atoms with Gasteiger partial charge in [0.25, 0.3) is 0 Å². The second-order valence-electron chi connectivity index (χ2n) is 10.5. The summed E-state index contributed by atoms with van der Waals surface area (Å²) < 4.78 is 11.2. The zero-order valence-corrected chi connectivity index (χ0v) is 27.2. The van der Waals surface area contributed by atoms with Crippen molar-refractivity contribution in [1.29, 1.82) is 0 Å². The summed E-state index contributed by atoms with van der Waals surface area (Å²) in [7, 11) is 1.57. The van der Waals surface area contributed by atoms with E-state index in [9.17, 15) is 9.59 Å². The SMILES string of the molecule is C=C(C/C=C(\C=C/C)N(/N=C\C)C(CC)c1cccc(CC)c1)OCC1(C)COC1.CC.CNC(=O)[C@@H]1CNC(=O)C1. The van der Waals surface area contributed by atoms with Gasteiger partial charge in [0.2, 0.25) is 11.8 Å². The minimum Gasteiger partial charge on any atom is -0.497 e. The third-order valence-electron chi connectivity index (χ3n) is 6.93. The monoisotopic (exact) mass is 582 g/mol. The summed E-state index contributed by atoms with van der Waals surface area (Å²) in [5, 5.41) is 11.9. The fraction of sp³-hybridized carbons (Fsp3) is 0.559. The number of ether oxygens (including phenoxy) is 2. The third-order valence-corrected chi connectivity index (χ3v) is 6.93. The lowest BCUT2D eigenvalue weighted by atomic mass is 9.90. The minimum atomic E-state index is -0.155. The molecule has 1 unspecified atom stereocenters. The van der Waals surface area contributed by atoms with Gasteiger partial charge in [-0.2, -0.15) is 5.10 Å². The molecule has 2 amide bonds. The van der Waals surface area contributed by atoms with E-state index in [1.54, 1.807) is 7.05 Å². The predicted octanol–water partition coefficient (Wildman–Crippen LogP) is 6.32. The molecule has 3 rings (SSSR count). The molecular formula is C34H54N4O4. The summed E-state index contributed by atoms with van der Waals surface area (Å²) in [5.41, 5.74) is 3.80. The number of benzene rings is 1. The first kappa shape index (κ1) is 36.6. The van der Waals surface area contributed by atoms with Gasteiger partial charge in [0.15, 0.2) is 0 Å². The first-order valence-corrected chi connectivity index (χ1v) is 15.3. The summed E-state index contributed by atoms with van der Waals surface area (Å²) in [6, 6.07) is 8.98. The Balaban J connectivity index is 0.000000613. The van der Waals surface area contributed by atoms with E-state index < -0.39 is 0 Å². The number of allylic oxidation sites excluding steroid dienone is 3. The van der Waals surface area contributed by atoms with Crippen molar-refractivity contribution in [3.63, 3.8) is 0 Å². The Hall–Kier alpha value is -3.39. The smallest absolute Gasteiger partial charge is 0.225 e. The maximum atomic E-state index is 10.9. The number of hydrazone groups is 1. The lowest BCUT2D eigenvalue weighted by Crippen LogP contribution is -2.43. The van der Waals surface area contributed by atoms with Crippen LogP contribution >= 0.6 is 0 Å². The minimum absolute atomic E-state index is 0.0337. The van der Waals surface area contributed by atoms with Gasteiger partial charge in [-0.3, -0.25) is 14.6 Å². The van der Waals surface area contributed by atoms with Crippen LogP contribution in [0.25, 0.3) is 0 Å². The molecule has 0 saturated carbocycles. The van der Waals surface area contributed by atoms with E-state index in [-0.39, 0.29) is 29.2 Å². The predicted molar refractivity (Wildman–Crippen MR) is 173 cm³/mol. The van der Waals surface area contributed by atoms with Crippen molar-refractivity contribution in [2.75, 3.05) is 33.4 Å². The first-order valence-electron chi connectivity index (χ1n) is 15.3. The van der Waals surface area contributed by atoms with Crippen LogP contribution in [0.5, 0.6) is 0 Å². The van der Waals surface area contributed by atoms with Crippen LogP contribution in [0.1, 0.15) is 84.9 Å². The van der Waals surface area contributed by atoms with E-state index in [0.717, 1.165) is 37.5 Å². The van der Waals surface area contributed by atoms with Gasteiger partial charge in [-0.15, -0.1) is 0 Å². The Labute approximate surface area is 254 Å². The zero-order valence-electron chi connectivity index (χ0n) is 27.2. The second kappa shape index (κ2) is 19.7. The molecule has 2 saturated heterocycles. The first-order chi connectivity index (χ1) is 20.2. The molecule has 1 aromatic rings. The molecule has 42 heavy (non-hydrogen) atoms. The standard InChI is InChI=1S/C26H38N2O2.C6H10N2O2.C2H6/c1-7-12-24(16-15-21(5)30-20-26(6)18-29-19-26)28(27-10-4)25(9-3)23-14-11-13-22(8-2)17-23;1-7-6(10)4-2-5(9)8-3-4;1-2/h7,10-14,16-17,25H,5,8-9,15,18-20H2,1-4,6H3;4H,2-3H2,1H3,(H,7,10)(H,8,9);1-2H3/b12-7-,24-16+,27-10-;;/t;4-;/m.0./s1. The molecule has 8 heteroatoms. The molecule has 2 aliphatic rings.